The molecule has 1 fully saturated rings. The minimum Gasteiger partial charge on any atom is -0.380 e. The lowest BCUT2D eigenvalue weighted by Crippen LogP contribution is -2.27. The van der Waals surface area contributed by atoms with E-state index in [0.717, 1.165) is 12.2 Å². The predicted molar refractivity (Wildman–Crippen MR) is 76.7 cm³/mol. The third-order valence-electron chi connectivity index (χ3n) is 2.97. The van der Waals surface area contributed by atoms with Crippen molar-refractivity contribution in [2.75, 3.05) is 23.9 Å². The summed E-state index contributed by atoms with van der Waals surface area (Å²) >= 11 is 1.91. The Balaban J connectivity index is 2.22. The number of rotatable bonds is 4. The summed E-state index contributed by atoms with van der Waals surface area (Å²) < 4.78 is 26.2. The highest BCUT2D eigenvalue weighted by Gasteiger charge is 2.19. The van der Waals surface area contributed by atoms with Gasteiger partial charge in [-0.05, 0) is 37.8 Å². The lowest BCUT2D eigenvalue weighted by molar-refractivity contribution is 0.588. The SMILES string of the molecule is CNS(=O)(=O)c1ccccc1NC1CCCSC1. The van der Waals surface area contributed by atoms with Crippen molar-refractivity contribution in [2.24, 2.45) is 0 Å². The van der Waals surface area contributed by atoms with E-state index in [4.69, 9.17) is 0 Å². The van der Waals surface area contributed by atoms with E-state index in [1.165, 1.54) is 19.2 Å². The first kappa shape index (κ1) is 13.7. The number of sulfonamides is 1. The Hall–Kier alpha value is -0.720. The molecule has 18 heavy (non-hydrogen) atoms. The van der Waals surface area contributed by atoms with Gasteiger partial charge in [-0.1, -0.05) is 12.1 Å². The molecule has 0 radical (unpaired) electrons. The first-order chi connectivity index (χ1) is 8.63. The minimum atomic E-state index is -3.40. The Bertz CT molecular complexity index is 497. The van der Waals surface area contributed by atoms with Crippen LogP contribution in [0.5, 0.6) is 0 Å². The molecule has 1 aromatic rings. The first-order valence-corrected chi connectivity index (χ1v) is 8.64. The standard InChI is InChI=1S/C12H18N2O2S2/c1-13-18(15,16)12-7-3-2-6-11(12)14-10-5-4-8-17-9-10/h2-3,6-7,10,13-14H,4-5,8-9H2,1H3. The first-order valence-electron chi connectivity index (χ1n) is 6.00. The quantitative estimate of drug-likeness (QED) is 0.887. The van der Waals surface area contributed by atoms with Crippen LogP contribution in [-0.4, -0.2) is 33.0 Å². The molecule has 1 aliphatic rings. The summed E-state index contributed by atoms with van der Waals surface area (Å²) in [6, 6.07) is 7.41. The summed E-state index contributed by atoms with van der Waals surface area (Å²) in [7, 11) is -1.97. The average molecular weight is 286 g/mol. The van der Waals surface area contributed by atoms with Crippen LogP contribution < -0.4 is 10.0 Å². The van der Waals surface area contributed by atoms with Crippen LogP contribution in [0.25, 0.3) is 0 Å². The zero-order valence-corrected chi connectivity index (χ0v) is 12.0. The van der Waals surface area contributed by atoms with Crippen LogP contribution in [0.4, 0.5) is 5.69 Å². The molecule has 2 rings (SSSR count). The fourth-order valence-corrected chi connectivity index (χ4v) is 3.97. The van der Waals surface area contributed by atoms with Crippen LogP contribution in [0, 0.1) is 0 Å². The topological polar surface area (TPSA) is 58.2 Å². The van der Waals surface area contributed by atoms with E-state index in [1.54, 1.807) is 12.1 Å². The van der Waals surface area contributed by atoms with E-state index in [-0.39, 0.29) is 0 Å². The number of hydrogen-bond acceptors (Lipinski definition) is 4. The summed E-state index contributed by atoms with van der Waals surface area (Å²) in [5.41, 5.74) is 0.694. The van der Waals surface area contributed by atoms with Gasteiger partial charge in [-0.15, -0.1) is 0 Å². The van der Waals surface area contributed by atoms with E-state index in [2.05, 4.69) is 10.0 Å². The Kier molecular flexibility index (Phi) is 4.53. The summed E-state index contributed by atoms with van der Waals surface area (Å²) in [5, 5.41) is 3.35. The molecule has 1 unspecified atom stereocenters. The van der Waals surface area contributed by atoms with E-state index < -0.39 is 10.0 Å². The number of nitrogens with one attached hydrogen (secondary N) is 2. The van der Waals surface area contributed by atoms with E-state index in [9.17, 15) is 8.42 Å². The largest absolute Gasteiger partial charge is 0.380 e. The van der Waals surface area contributed by atoms with Gasteiger partial charge in [0.1, 0.15) is 4.90 Å². The molecule has 1 aliphatic heterocycles. The zero-order chi connectivity index (χ0) is 13.0. The van der Waals surface area contributed by atoms with Gasteiger partial charge >= 0.3 is 0 Å². The Labute approximate surface area is 113 Å². The third-order valence-corrected chi connectivity index (χ3v) is 5.65. The highest BCUT2D eigenvalue weighted by Crippen LogP contribution is 2.25. The molecule has 1 saturated heterocycles. The van der Waals surface area contributed by atoms with Crippen LogP contribution >= 0.6 is 11.8 Å². The Morgan fingerprint density at radius 3 is 2.78 bits per heavy atom. The highest BCUT2D eigenvalue weighted by atomic mass is 32.2. The maximum atomic E-state index is 11.9. The second kappa shape index (κ2) is 5.95. The summed E-state index contributed by atoms with van der Waals surface area (Å²) in [6.45, 7) is 0. The number of hydrogen-bond donors (Lipinski definition) is 2. The van der Waals surface area contributed by atoms with Crippen LogP contribution in [0.1, 0.15) is 12.8 Å². The van der Waals surface area contributed by atoms with Crippen molar-refractivity contribution < 1.29 is 8.42 Å². The molecule has 0 spiro atoms. The normalized spacial score (nSPS) is 20.6. The molecule has 0 aliphatic carbocycles. The van der Waals surface area contributed by atoms with Crippen LogP contribution in [-0.2, 0) is 10.0 Å². The summed E-state index contributed by atoms with van der Waals surface area (Å²) in [5.74, 6) is 2.24. The van der Waals surface area contributed by atoms with Crippen molar-refractivity contribution in [3.63, 3.8) is 0 Å². The monoisotopic (exact) mass is 286 g/mol. The molecular weight excluding hydrogens is 268 g/mol. The van der Waals surface area contributed by atoms with Gasteiger partial charge in [-0.3, -0.25) is 0 Å². The molecule has 0 saturated carbocycles. The number of thioether (sulfide) groups is 1. The lowest BCUT2D eigenvalue weighted by Gasteiger charge is -2.24. The summed E-state index contributed by atoms with van der Waals surface area (Å²) in [4.78, 5) is 0.322. The van der Waals surface area contributed by atoms with Crippen LogP contribution in [0.15, 0.2) is 29.2 Å². The van der Waals surface area contributed by atoms with Crippen molar-refractivity contribution in [1.82, 2.24) is 4.72 Å². The van der Waals surface area contributed by atoms with E-state index in [1.807, 2.05) is 23.9 Å². The van der Waals surface area contributed by atoms with Gasteiger partial charge < -0.3 is 5.32 Å². The van der Waals surface area contributed by atoms with Gasteiger partial charge in [0.05, 0.1) is 5.69 Å². The van der Waals surface area contributed by atoms with E-state index >= 15 is 0 Å². The molecule has 1 heterocycles. The highest BCUT2D eigenvalue weighted by molar-refractivity contribution is 7.99. The van der Waals surface area contributed by atoms with Crippen LogP contribution in [0.3, 0.4) is 0 Å². The van der Waals surface area contributed by atoms with Gasteiger partial charge in [0, 0.05) is 11.8 Å². The fraction of sp³-hybridized carbons (Fsp3) is 0.500. The van der Waals surface area contributed by atoms with Crippen molar-refractivity contribution in [3.8, 4) is 0 Å². The lowest BCUT2D eigenvalue weighted by atomic mass is 10.1. The summed E-state index contributed by atoms with van der Waals surface area (Å²) in [6.07, 6.45) is 2.28. The molecule has 100 valence electrons. The second-order valence-corrected chi connectivity index (χ2v) is 7.27. The predicted octanol–water partition coefficient (Wildman–Crippen LogP) is 1.90. The maximum Gasteiger partial charge on any atom is 0.242 e. The number of para-hydroxylation sites is 1. The maximum absolute atomic E-state index is 11.9. The van der Waals surface area contributed by atoms with E-state index in [0.29, 0.717) is 16.6 Å². The van der Waals surface area contributed by atoms with Crippen molar-refractivity contribution in [2.45, 2.75) is 23.8 Å². The van der Waals surface area contributed by atoms with Crippen molar-refractivity contribution in [3.05, 3.63) is 24.3 Å². The number of benzene rings is 1. The average Bonchev–Trinajstić information content (AvgIpc) is 2.40. The molecule has 2 N–H and O–H groups in total. The molecule has 6 heteroatoms. The molecule has 0 amide bonds. The van der Waals surface area contributed by atoms with Gasteiger partial charge in [-0.25, -0.2) is 13.1 Å². The minimum absolute atomic E-state index is 0.322. The van der Waals surface area contributed by atoms with Crippen molar-refractivity contribution in [1.29, 1.82) is 0 Å². The van der Waals surface area contributed by atoms with Crippen molar-refractivity contribution >= 4 is 27.5 Å². The smallest absolute Gasteiger partial charge is 0.242 e. The second-order valence-electron chi connectivity index (χ2n) is 4.26. The Morgan fingerprint density at radius 1 is 1.33 bits per heavy atom. The van der Waals surface area contributed by atoms with Gasteiger partial charge in [-0.2, -0.15) is 11.8 Å². The van der Waals surface area contributed by atoms with Gasteiger partial charge in [0.25, 0.3) is 0 Å². The molecule has 0 aromatic heterocycles. The molecule has 4 nitrogen and oxygen atoms in total. The molecular formula is C12H18N2O2S2. The fourth-order valence-electron chi connectivity index (χ4n) is 2.00. The Morgan fingerprint density at radius 2 is 2.11 bits per heavy atom. The molecule has 1 aromatic carbocycles. The molecule has 1 atom stereocenters. The third kappa shape index (κ3) is 3.18. The zero-order valence-electron chi connectivity index (χ0n) is 10.3. The molecule has 0 bridgehead atoms. The van der Waals surface area contributed by atoms with Gasteiger partial charge in [0.15, 0.2) is 0 Å². The van der Waals surface area contributed by atoms with Gasteiger partial charge in [0.2, 0.25) is 10.0 Å². The number of anilines is 1. The van der Waals surface area contributed by atoms with Crippen LogP contribution in [0.2, 0.25) is 0 Å².